The van der Waals surface area contributed by atoms with Crippen molar-refractivity contribution in [3.63, 3.8) is 0 Å². The Morgan fingerprint density at radius 2 is 1.71 bits per heavy atom. The molecule has 2 rings (SSSR count). The zero-order valence-corrected chi connectivity index (χ0v) is 9.99. The highest BCUT2D eigenvalue weighted by Gasteiger charge is 2.30. The maximum atomic E-state index is 11.9. The zero-order chi connectivity index (χ0) is 12.5. The molecule has 6 heteroatoms. The van der Waals surface area contributed by atoms with Crippen LogP contribution in [0.2, 0.25) is 0 Å². The van der Waals surface area contributed by atoms with Crippen LogP contribution in [0.1, 0.15) is 0 Å². The fourth-order valence-corrected chi connectivity index (χ4v) is 1.69. The van der Waals surface area contributed by atoms with Gasteiger partial charge in [0.2, 0.25) is 0 Å². The fourth-order valence-electron chi connectivity index (χ4n) is 1.35. The number of rotatable bonds is 2. The maximum absolute atomic E-state index is 11.9. The molecule has 1 heterocycles. The van der Waals surface area contributed by atoms with Gasteiger partial charge in [0, 0.05) is 22.6 Å². The first-order valence-electron chi connectivity index (χ1n) is 4.64. The molecule has 0 amide bonds. The first-order valence-corrected chi connectivity index (χ1v) is 5.43. The Hall–Kier alpha value is -1.43. The second kappa shape index (κ2) is 4.44. The van der Waals surface area contributed by atoms with Crippen molar-refractivity contribution in [1.29, 1.82) is 0 Å². The number of halogens is 4. The van der Waals surface area contributed by atoms with Crippen LogP contribution in [0.5, 0.6) is 5.75 Å². The highest BCUT2D eigenvalue weighted by atomic mass is 79.9. The molecule has 0 radical (unpaired) electrons. The number of hydrogen-bond acceptors (Lipinski definition) is 1. The van der Waals surface area contributed by atoms with Crippen molar-refractivity contribution in [1.82, 2.24) is 4.57 Å². The van der Waals surface area contributed by atoms with Crippen LogP contribution in [0, 0.1) is 0 Å². The molecule has 0 unspecified atom stereocenters. The molecule has 0 bridgehead atoms. The Kier molecular flexibility index (Phi) is 3.15. The summed E-state index contributed by atoms with van der Waals surface area (Å²) in [5, 5.41) is 0. The van der Waals surface area contributed by atoms with E-state index >= 15 is 0 Å². The van der Waals surface area contributed by atoms with Crippen LogP contribution in [0.3, 0.4) is 0 Å². The second-order valence-corrected chi connectivity index (χ2v) is 4.19. The van der Waals surface area contributed by atoms with Gasteiger partial charge in [0.1, 0.15) is 5.75 Å². The van der Waals surface area contributed by atoms with Crippen molar-refractivity contribution in [2.75, 3.05) is 0 Å². The normalized spacial score (nSPS) is 11.5. The van der Waals surface area contributed by atoms with Crippen molar-refractivity contribution >= 4 is 15.9 Å². The third-order valence-corrected chi connectivity index (χ3v) is 2.49. The predicted octanol–water partition coefficient (Wildman–Crippen LogP) is 4.14. The lowest BCUT2D eigenvalue weighted by atomic mass is 10.3. The Bertz CT molecular complexity index is 504. The maximum Gasteiger partial charge on any atom is 0.573 e. The molecule has 1 aromatic heterocycles. The van der Waals surface area contributed by atoms with Crippen molar-refractivity contribution in [2.45, 2.75) is 6.36 Å². The van der Waals surface area contributed by atoms with Gasteiger partial charge >= 0.3 is 6.36 Å². The molecule has 0 aliphatic heterocycles. The van der Waals surface area contributed by atoms with Crippen molar-refractivity contribution in [3.05, 3.63) is 47.2 Å². The average Bonchev–Trinajstić information content (AvgIpc) is 2.63. The zero-order valence-electron chi connectivity index (χ0n) is 8.41. The van der Waals surface area contributed by atoms with E-state index in [1.54, 1.807) is 29.1 Å². The molecule has 2 aromatic rings. The molecule has 0 fully saturated rings. The van der Waals surface area contributed by atoms with E-state index in [4.69, 9.17) is 0 Å². The van der Waals surface area contributed by atoms with Crippen LogP contribution in [0.4, 0.5) is 13.2 Å². The lowest BCUT2D eigenvalue weighted by Gasteiger charge is -2.09. The van der Waals surface area contributed by atoms with Gasteiger partial charge in [0.05, 0.1) is 0 Å². The highest BCUT2D eigenvalue weighted by molar-refractivity contribution is 9.10. The smallest absolute Gasteiger partial charge is 0.406 e. The van der Waals surface area contributed by atoms with Crippen LogP contribution in [0.25, 0.3) is 5.69 Å². The van der Waals surface area contributed by atoms with Gasteiger partial charge in [-0.15, -0.1) is 13.2 Å². The minimum absolute atomic E-state index is 0.229. The molecular formula is C11H7BrF3NO. The summed E-state index contributed by atoms with van der Waals surface area (Å²) in [5.74, 6) is -0.229. The van der Waals surface area contributed by atoms with Crippen molar-refractivity contribution in [2.24, 2.45) is 0 Å². The van der Waals surface area contributed by atoms with Crippen LogP contribution in [-0.2, 0) is 0 Å². The predicted molar refractivity (Wildman–Crippen MR) is 60.2 cm³/mol. The molecule has 0 saturated carbocycles. The lowest BCUT2D eigenvalue weighted by molar-refractivity contribution is -0.274. The molecular weight excluding hydrogens is 299 g/mol. The van der Waals surface area contributed by atoms with Gasteiger partial charge in [0.15, 0.2) is 0 Å². The largest absolute Gasteiger partial charge is 0.573 e. The summed E-state index contributed by atoms with van der Waals surface area (Å²) >= 11 is 3.29. The van der Waals surface area contributed by atoms with Gasteiger partial charge in [-0.05, 0) is 46.3 Å². The fraction of sp³-hybridized carbons (Fsp3) is 0.0909. The van der Waals surface area contributed by atoms with Crippen LogP contribution >= 0.6 is 15.9 Å². The minimum atomic E-state index is -4.65. The minimum Gasteiger partial charge on any atom is -0.406 e. The molecule has 1 aromatic carbocycles. The molecule has 17 heavy (non-hydrogen) atoms. The standard InChI is InChI=1S/C11H7BrF3NO/c12-8-5-6-16(7-8)9-1-3-10(4-2-9)17-11(13,14)15/h1-7H. The quantitative estimate of drug-likeness (QED) is 0.813. The summed E-state index contributed by atoms with van der Waals surface area (Å²) in [5.41, 5.74) is 0.755. The van der Waals surface area contributed by atoms with E-state index in [2.05, 4.69) is 20.7 Å². The number of alkyl halides is 3. The third kappa shape index (κ3) is 3.26. The summed E-state index contributed by atoms with van der Waals surface area (Å²) in [6, 6.07) is 7.48. The van der Waals surface area contributed by atoms with Crippen LogP contribution in [0.15, 0.2) is 47.2 Å². The van der Waals surface area contributed by atoms with E-state index in [0.717, 1.165) is 10.2 Å². The molecule has 0 N–H and O–H groups in total. The van der Waals surface area contributed by atoms with E-state index in [0.29, 0.717) is 0 Å². The first kappa shape index (κ1) is 12.0. The van der Waals surface area contributed by atoms with Crippen LogP contribution < -0.4 is 4.74 Å². The molecule has 0 saturated heterocycles. The van der Waals surface area contributed by atoms with E-state index in [-0.39, 0.29) is 5.75 Å². The SMILES string of the molecule is FC(F)(F)Oc1ccc(-n2ccc(Br)c2)cc1. The van der Waals surface area contributed by atoms with Gasteiger partial charge in [-0.25, -0.2) is 0 Å². The Labute approximate surface area is 104 Å². The molecule has 0 spiro atoms. The van der Waals surface area contributed by atoms with Crippen molar-refractivity contribution < 1.29 is 17.9 Å². The number of aromatic nitrogens is 1. The summed E-state index contributed by atoms with van der Waals surface area (Å²) in [7, 11) is 0. The van der Waals surface area contributed by atoms with Crippen molar-refractivity contribution in [3.8, 4) is 11.4 Å². The monoisotopic (exact) mass is 305 g/mol. The third-order valence-electron chi connectivity index (χ3n) is 2.03. The Balaban J connectivity index is 2.19. The molecule has 2 nitrogen and oxygen atoms in total. The molecule has 90 valence electrons. The van der Waals surface area contributed by atoms with E-state index in [1.165, 1.54) is 12.1 Å². The van der Waals surface area contributed by atoms with Gasteiger partial charge in [0.25, 0.3) is 0 Å². The van der Waals surface area contributed by atoms with Gasteiger partial charge in [-0.3, -0.25) is 0 Å². The number of hydrogen-bond donors (Lipinski definition) is 0. The average molecular weight is 306 g/mol. The second-order valence-electron chi connectivity index (χ2n) is 3.28. The number of ether oxygens (including phenoxy) is 1. The molecule has 0 atom stereocenters. The van der Waals surface area contributed by atoms with Crippen LogP contribution in [-0.4, -0.2) is 10.9 Å². The summed E-state index contributed by atoms with van der Waals surface area (Å²) in [6.45, 7) is 0. The van der Waals surface area contributed by atoms with E-state index < -0.39 is 6.36 Å². The van der Waals surface area contributed by atoms with Gasteiger partial charge in [-0.2, -0.15) is 0 Å². The summed E-state index contributed by atoms with van der Waals surface area (Å²) < 4.78 is 42.3. The molecule has 0 aliphatic carbocycles. The number of benzene rings is 1. The van der Waals surface area contributed by atoms with Gasteiger partial charge in [-0.1, -0.05) is 0 Å². The van der Waals surface area contributed by atoms with Gasteiger partial charge < -0.3 is 9.30 Å². The molecule has 0 aliphatic rings. The lowest BCUT2D eigenvalue weighted by Crippen LogP contribution is -2.17. The Morgan fingerprint density at radius 3 is 2.18 bits per heavy atom. The Morgan fingerprint density at radius 1 is 1.06 bits per heavy atom. The van der Waals surface area contributed by atoms with E-state index in [1.807, 2.05) is 6.07 Å². The number of nitrogens with zero attached hydrogens (tertiary/aromatic N) is 1. The highest BCUT2D eigenvalue weighted by Crippen LogP contribution is 2.24. The summed E-state index contributed by atoms with van der Waals surface area (Å²) in [6.07, 6.45) is -1.05. The summed E-state index contributed by atoms with van der Waals surface area (Å²) in [4.78, 5) is 0. The van der Waals surface area contributed by atoms with E-state index in [9.17, 15) is 13.2 Å². The topological polar surface area (TPSA) is 14.2 Å². The first-order chi connectivity index (χ1) is 7.94.